The second-order valence-electron chi connectivity index (χ2n) is 5.96. The quantitative estimate of drug-likeness (QED) is 0.587. The van der Waals surface area contributed by atoms with E-state index in [1.165, 1.54) is 13.2 Å². The molecule has 2 amide bonds. The van der Waals surface area contributed by atoms with Gasteiger partial charge in [0.1, 0.15) is 17.6 Å². The molecule has 8 heteroatoms. The number of benzene rings is 2. The normalized spacial score (nSPS) is 11.6. The van der Waals surface area contributed by atoms with Crippen LogP contribution >= 0.6 is 27.7 Å². The molecule has 2 rings (SSSR count). The monoisotopic (exact) mass is 468 g/mol. The van der Waals surface area contributed by atoms with Gasteiger partial charge in [0.15, 0.2) is 0 Å². The largest absolute Gasteiger partial charge is 0.496 e. The van der Waals surface area contributed by atoms with Crippen molar-refractivity contribution in [1.82, 2.24) is 10.6 Å². The number of hydrogen-bond donors (Lipinski definition) is 2. The summed E-state index contributed by atoms with van der Waals surface area (Å²) in [7, 11) is 1.48. The van der Waals surface area contributed by atoms with Gasteiger partial charge in [0, 0.05) is 16.6 Å². The molecule has 0 spiro atoms. The number of carbonyl (C=O) groups is 2. The standard InChI is InChI=1S/C20H22BrFN2O3S/c1-27-18-6-4-3-5-15(18)19(25)24-17(9-10-28-2)20(26)23-12-13-11-14(21)7-8-16(13)22/h3-8,11,17H,9-10,12H2,1-2H3,(H,23,26)(H,24,25). The fourth-order valence-electron chi connectivity index (χ4n) is 2.56. The maximum absolute atomic E-state index is 13.9. The van der Waals surface area contributed by atoms with Crippen LogP contribution in [-0.4, -0.2) is 37.0 Å². The molecule has 0 radical (unpaired) electrons. The van der Waals surface area contributed by atoms with Crippen molar-refractivity contribution in [3.05, 3.63) is 63.9 Å². The number of thioether (sulfide) groups is 1. The number of nitrogens with one attached hydrogen (secondary N) is 2. The van der Waals surface area contributed by atoms with Crippen LogP contribution in [0.25, 0.3) is 0 Å². The molecule has 0 fully saturated rings. The van der Waals surface area contributed by atoms with Gasteiger partial charge in [0.25, 0.3) is 5.91 Å². The first-order valence-corrected chi connectivity index (χ1v) is 10.8. The van der Waals surface area contributed by atoms with E-state index in [-0.39, 0.29) is 12.5 Å². The zero-order valence-electron chi connectivity index (χ0n) is 15.6. The molecule has 0 aliphatic carbocycles. The fraction of sp³-hybridized carbons (Fsp3) is 0.300. The first-order valence-electron chi connectivity index (χ1n) is 8.60. The lowest BCUT2D eigenvalue weighted by Crippen LogP contribution is -2.47. The molecule has 0 aliphatic heterocycles. The molecular formula is C20H22BrFN2O3S. The number of para-hydroxylation sites is 1. The molecule has 0 aromatic heterocycles. The van der Waals surface area contributed by atoms with E-state index in [2.05, 4.69) is 26.6 Å². The number of rotatable bonds is 9. The highest BCUT2D eigenvalue weighted by Gasteiger charge is 2.22. The lowest BCUT2D eigenvalue weighted by atomic mass is 10.1. The highest BCUT2D eigenvalue weighted by atomic mass is 79.9. The van der Waals surface area contributed by atoms with Crippen molar-refractivity contribution in [2.75, 3.05) is 19.1 Å². The average molecular weight is 469 g/mol. The first kappa shape index (κ1) is 22.2. The second kappa shape index (κ2) is 11.1. The summed E-state index contributed by atoms with van der Waals surface area (Å²) in [6, 6.07) is 10.6. The van der Waals surface area contributed by atoms with Crippen LogP contribution in [0.4, 0.5) is 4.39 Å². The first-order chi connectivity index (χ1) is 13.5. The van der Waals surface area contributed by atoms with Gasteiger partial charge in [-0.15, -0.1) is 0 Å². The molecule has 1 unspecified atom stereocenters. The number of amides is 2. The van der Waals surface area contributed by atoms with Crippen LogP contribution < -0.4 is 15.4 Å². The molecule has 2 aromatic carbocycles. The van der Waals surface area contributed by atoms with E-state index in [0.717, 1.165) is 4.47 Å². The van der Waals surface area contributed by atoms with Gasteiger partial charge in [-0.1, -0.05) is 28.1 Å². The molecule has 5 nitrogen and oxygen atoms in total. The Bertz CT molecular complexity index is 835. The van der Waals surface area contributed by atoms with Crippen molar-refractivity contribution in [2.45, 2.75) is 19.0 Å². The van der Waals surface area contributed by atoms with Crippen LogP contribution in [0, 0.1) is 5.82 Å². The summed E-state index contributed by atoms with van der Waals surface area (Å²) in [6.07, 6.45) is 2.38. The number of hydrogen-bond acceptors (Lipinski definition) is 4. The maximum Gasteiger partial charge on any atom is 0.255 e. The van der Waals surface area contributed by atoms with Crippen molar-refractivity contribution in [3.8, 4) is 5.75 Å². The van der Waals surface area contributed by atoms with Crippen molar-refractivity contribution in [3.63, 3.8) is 0 Å². The molecule has 28 heavy (non-hydrogen) atoms. The Morgan fingerprint density at radius 2 is 2.00 bits per heavy atom. The Morgan fingerprint density at radius 3 is 2.71 bits per heavy atom. The van der Waals surface area contributed by atoms with Gasteiger partial charge in [-0.3, -0.25) is 9.59 Å². The van der Waals surface area contributed by atoms with Gasteiger partial charge in [-0.2, -0.15) is 11.8 Å². The van der Waals surface area contributed by atoms with Gasteiger partial charge in [0.2, 0.25) is 5.91 Å². The van der Waals surface area contributed by atoms with E-state index in [1.807, 2.05) is 6.26 Å². The number of ether oxygens (including phenoxy) is 1. The third-order valence-electron chi connectivity index (χ3n) is 4.04. The average Bonchev–Trinajstić information content (AvgIpc) is 2.71. The Hall–Kier alpha value is -2.06. The van der Waals surface area contributed by atoms with Crippen LogP contribution in [0.5, 0.6) is 5.75 Å². The van der Waals surface area contributed by atoms with E-state index >= 15 is 0 Å². The van der Waals surface area contributed by atoms with Crippen molar-refractivity contribution >= 4 is 39.5 Å². The van der Waals surface area contributed by atoms with Crippen molar-refractivity contribution in [2.24, 2.45) is 0 Å². The zero-order valence-corrected chi connectivity index (χ0v) is 18.0. The summed E-state index contributed by atoms with van der Waals surface area (Å²) < 4.78 is 19.8. The van der Waals surface area contributed by atoms with Crippen molar-refractivity contribution < 1.29 is 18.7 Å². The SMILES string of the molecule is COc1ccccc1C(=O)NC(CCSC)C(=O)NCc1cc(Br)ccc1F. The summed E-state index contributed by atoms with van der Waals surface area (Å²) in [5.74, 6) is -0.0401. The van der Waals surface area contributed by atoms with Crippen LogP contribution in [-0.2, 0) is 11.3 Å². The van der Waals surface area contributed by atoms with Gasteiger partial charge in [0.05, 0.1) is 12.7 Å². The predicted molar refractivity (Wildman–Crippen MR) is 113 cm³/mol. The number of methoxy groups -OCH3 is 1. The Balaban J connectivity index is 2.08. The molecule has 0 saturated heterocycles. The van der Waals surface area contributed by atoms with E-state index in [1.54, 1.807) is 48.2 Å². The van der Waals surface area contributed by atoms with Crippen LogP contribution in [0.15, 0.2) is 46.9 Å². The van der Waals surface area contributed by atoms with Gasteiger partial charge < -0.3 is 15.4 Å². The minimum absolute atomic E-state index is 0.0321. The molecular weight excluding hydrogens is 447 g/mol. The molecule has 150 valence electrons. The van der Waals surface area contributed by atoms with Crippen molar-refractivity contribution in [1.29, 1.82) is 0 Å². The van der Waals surface area contributed by atoms with Crippen LogP contribution in [0.1, 0.15) is 22.3 Å². The maximum atomic E-state index is 13.9. The summed E-state index contributed by atoms with van der Waals surface area (Å²) in [6.45, 7) is 0.0321. The predicted octanol–water partition coefficient (Wildman–Crippen LogP) is 3.76. The molecule has 2 aromatic rings. The van der Waals surface area contributed by atoms with Gasteiger partial charge in [-0.25, -0.2) is 4.39 Å². The summed E-state index contributed by atoms with van der Waals surface area (Å²) in [5.41, 5.74) is 0.715. The van der Waals surface area contributed by atoms with Crippen LogP contribution in [0.2, 0.25) is 0 Å². The minimum Gasteiger partial charge on any atom is -0.496 e. The third kappa shape index (κ3) is 6.24. The molecule has 0 heterocycles. The summed E-state index contributed by atoms with van der Waals surface area (Å²) in [5, 5.41) is 5.46. The Morgan fingerprint density at radius 1 is 1.25 bits per heavy atom. The van der Waals surface area contributed by atoms with Gasteiger partial charge in [-0.05, 0) is 48.8 Å². The lowest BCUT2D eigenvalue weighted by Gasteiger charge is -2.19. The van der Waals surface area contributed by atoms with E-state index in [4.69, 9.17) is 4.74 Å². The number of carbonyl (C=O) groups excluding carboxylic acids is 2. The minimum atomic E-state index is -0.736. The topological polar surface area (TPSA) is 67.4 Å². The highest BCUT2D eigenvalue weighted by molar-refractivity contribution is 9.10. The van der Waals surface area contributed by atoms with E-state index < -0.39 is 17.8 Å². The van der Waals surface area contributed by atoms with Crippen LogP contribution in [0.3, 0.4) is 0 Å². The highest BCUT2D eigenvalue weighted by Crippen LogP contribution is 2.18. The van der Waals surface area contributed by atoms with Gasteiger partial charge >= 0.3 is 0 Å². The molecule has 0 bridgehead atoms. The zero-order chi connectivity index (χ0) is 20.5. The Labute approximate surface area is 176 Å². The fourth-order valence-corrected chi connectivity index (χ4v) is 3.44. The summed E-state index contributed by atoms with van der Waals surface area (Å²) in [4.78, 5) is 25.3. The molecule has 0 aliphatic rings. The number of halogens is 2. The Kier molecular flexibility index (Phi) is 8.79. The molecule has 0 saturated carbocycles. The van der Waals surface area contributed by atoms with E-state index in [0.29, 0.717) is 29.1 Å². The molecule has 2 N–H and O–H groups in total. The third-order valence-corrected chi connectivity index (χ3v) is 5.18. The lowest BCUT2D eigenvalue weighted by molar-refractivity contribution is -0.123. The van der Waals surface area contributed by atoms with E-state index in [9.17, 15) is 14.0 Å². The second-order valence-corrected chi connectivity index (χ2v) is 7.86. The molecule has 1 atom stereocenters. The smallest absolute Gasteiger partial charge is 0.255 e. The summed E-state index contributed by atoms with van der Waals surface area (Å²) >= 11 is 4.86.